The summed E-state index contributed by atoms with van der Waals surface area (Å²) in [6, 6.07) is 4.73. The van der Waals surface area contributed by atoms with Crippen molar-refractivity contribution in [3.8, 4) is 0 Å². The summed E-state index contributed by atoms with van der Waals surface area (Å²) in [7, 11) is 0. The molecule has 0 aliphatic carbocycles. The van der Waals surface area contributed by atoms with E-state index in [-0.39, 0.29) is 0 Å². The molecule has 0 aliphatic heterocycles. The normalized spacial score (nSPS) is 12.9. The number of rotatable bonds is 3. The number of ether oxygens (including phenoxy) is 1. The minimum absolute atomic E-state index is 0.627. The molecule has 0 N–H and O–H groups in total. The number of halogens is 6. The number of hydrogen-bond donors (Lipinski definition) is 0. The van der Waals surface area contributed by atoms with Crippen LogP contribution >= 0.6 is 0 Å². The van der Waals surface area contributed by atoms with Gasteiger partial charge in [-0.15, -0.1) is 0 Å². The van der Waals surface area contributed by atoms with Crippen molar-refractivity contribution in [3.63, 3.8) is 0 Å². The van der Waals surface area contributed by atoms with Crippen LogP contribution in [0.15, 0.2) is 49.1 Å². The Morgan fingerprint density at radius 3 is 2.08 bits per heavy atom. The van der Waals surface area contributed by atoms with Crippen molar-refractivity contribution in [1.29, 1.82) is 0 Å². The summed E-state index contributed by atoms with van der Waals surface area (Å²) in [6.45, 7) is -1.94. The summed E-state index contributed by atoms with van der Waals surface area (Å²) in [5, 5.41) is 0. The van der Waals surface area contributed by atoms with E-state index in [0.29, 0.717) is 16.7 Å². The van der Waals surface area contributed by atoms with Gasteiger partial charge in [0.05, 0.1) is 0 Å². The van der Waals surface area contributed by atoms with Gasteiger partial charge in [0.1, 0.15) is 12.9 Å². The quantitative estimate of drug-likeness (QED) is 0.787. The molecule has 1 aromatic heterocycles. The van der Waals surface area contributed by atoms with E-state index in [4.69, 9.17) is 0 Å². The van der Waals surface area contributed by atoms with Crippen molar-refractivity contribution in [3.05, 3.63) is 54.6 Å². The van der Waals surface area contributed by atoms with Crippen LogP contribution in [-0.2, 0) is 10.2 Å². The third-order valence-electron chi connectivity index (χ3n) is 3.36. The van der Waals surface area contributed by atoms with Gasteiger partial charge < -0.3 is 4.74 Å². The highest BCUT2D eigenvalue weighted by Crippen LogP contribution is 2.52. The van der Waals surface area contributed by atoms with E-state index in [1.54, 1.807) is 0 Å². The van der Waals surface area contributed by atoms with Gasteiger partial charge >= 0.3 is 18.4 Å². The molecule has 0 unspecified atom stereocenters. The Kier molecular flexibility index (Phi) is 4.59. The Balaban J connectivity index is 2.44. The molecule has 0 saturated carbocycles. The lowest BCUT2D eigenvalue weighted by Gasteiger charge is -2.37. The van der Waals surface area contributed by atoms with Crippen LogP contribution in [0, 0.1) is 0 Å². The fourth-order valence-electron chi connectivity index (χ4n) is 2.07. The first-order valence-corrected chi connectivity index (χ1v) is 6.43. The molecule has 1 heterocycles. The minimum Gasteiger partial charge on any atom is -0.447 e. The van der Waals surface area contributed by atoms with Gasteiger partial charge in [-0.3, -0.25) is 0 Å². The van der Waals surface area contributed by atoms with Crippen LogP contribution in [0.4, 0.5) is 31.1 Å². The SMILES string of the molecule is O=C(OCC(c1ccccc1)(C(F)(F)F)C(F)(F)F)n1ccnc1. The van der Waals surface area contributed by atoms with Crippen LogP contribution in [0.1, 0.15) is 5.56 Å². The van der Waals surface area contributed by atoms with Gasteiger partial charge in [0.15, 0.2) is 0 Å². The zero-order valence-corrected chi connectivity index (χ0v) is 11.8. The zero-order chi connectivity index (χ0) is 18.0. The van der Waals surface area contributed by atoms with Gasteiger partial charge in [0, 0.05) is 12.4 Å². The molecule has 0 amide bonds. The highest BCUT2D eigenvalue weighted by atomic mass is 19.4. The fourth-order valence-corrected chi connectivity index (χ4v) is 2.07. The third-order valence-corrected chi connectivity index (χ3v) is 3.36. The van der Waals surface area contributed by atoms with Gasteiger partial charge in [-0.05, 0) is 5.56 Å². The zero-order valence-electron chi connectivity index (χ0n) is 11.8. The first-order chi connectivity index (χ1) is 11.1. The van der Waals surface area contributed by atoms with E-state index in [9.17, 15) is 31.1 Å². The molecule has 2 rings (SSSR count). The van der Waals surface area contributed by atoms with Gasteiger partial charge in [-0.2, -0.15) is 26.3 Å². The van der Waals surface area contributed by atoms with Crippen molar-refractivity contribution < 1.29 is 35.9 Å². The Labute approximate surface area is 131 Å². The molecule has 0 fully saturated rings. The highest BCUT2D eigenvalue weighted by Gasteiger charge is 2.72. The molecule has 0 bridgehead atoms. The maximum Gasteiger partial charge on any atom is 0.419 e. The molecule has 0 atom stereocenters. The second kappa shape index (κ2) is 6.17. The first kappa shape index (κ1) is 17.8. The van der Waals surface area contributed by atoms with E-state index >= 15 is 0 Å². The molecule has 0 saturated heterocycles. The second-order valence-electron chi connectivity index (χ2n) is 4.79. The molecule has 0 aliphatic rings. The standard InChI is InChI=1S/C14H10F6N2O2/c15-13(16,17)12(14(18,19)20,10-4-2-1-3-5-10)8-24-11(23)22-7-6-21-9-22/h1-7,9H,8H2. The maximum atomic E-state index is 13.4. The van der Waals surface area contributed by atoms with Crippen LogP contribution in [0.25, 0.3) is 0 Å². The van der Waals surface area contributed by atoms with Gasteiger partial charge in [0.25, 0.3) is 0 Å². The second-order valence-corrected chi connectivity index (χ2v) is 4.79. The monoisotopic (exact) mass is 352 g/mol. The molecule has 24 heavy (non-hydrogen) atoms. The molecular formula is C14H10F6N2O2. The minimum atomic E-state index is -5.73. The summed E-state index contributed by atoms with van der Waals surface area (Å²) < 4.78 is 85.4. The molecule has 0 radical (unpaired) electrons. The highest BCUT2D eigenvalue weighted by molar-refractivity contribution is 5.70. The molecule has 2 aromatic rings. The summed E-state index contributed by atoms with van der Waals surface area (Å²) >= 11 is 0. The van der Waals surface area contributed by atoms with Crippen molar-refractivity contribution in [2.75, 3.05) is 6.61 Å². The smallest absolute Gasteiger partial charge is 0.419 e. The Morgan fingerprint density at radius 2 is 1.62 bits per heavy atom. The van der Waals surface area contributed by atoms with Crippen molar-refractivity contribution in [2.24, 2.45) is 0 Å². The van der Waals surface area contributed by atoms with E-state index in [1.165, 1.54) is 6.07 Å². The Hall–Kier alpha value is -2.52. The molecule has 4 nitrogen and oxygen atoms in total. The summed E-state index contributed by atoms with van der Waals surface area (Å²) in [6.07, 6.45) is -9.81. The van der Waals surface area contributed by atoms with Crippen LogP contribution in [-0.4, -0.2) is 34.6 Å². The third kappa shape index (κ3) is 3.08. The van der Waals surface area contributed by atoms with E-state index in [0.717, 1.165) is 30.9 Å². The summed E-state index contributed by atoms with van der Waals surface area (Å²) in [5.74, 6) is 0. The van der Waals surface area contributed by atoms with Crippen LogP contribution in [0.2, 0.25) is 0 Å². The van der Waals surface area contributed by atoms with Crippen LogP contribution in [0.3, 0.4) is 0 Å². The summed E-state index contributed by atoms with van der Waals surface area (Å²) in [4.78, 5) is 15.1. The van der Waals surface area contributed by atoms with Crippen LogP contribution < -0.4 is 0 Å². The number of alkyl halides is 6. The predicted octanol–water partition coefficient (Wildman–Crippen LogP) is 3.93. The molecule has 130 valence electrons. The lowest BCUT2D eigenvalue weighted by atomic mass is 9.79. The van der Waals surface area contributed by atoms with Gasteiger partial charge in [0.2, 0.25) is 5.41 Å². The lowest BCUT2D eigenvalue weighted by Crippen LogP contribution is -2.57. The van der Waals surface area contributed by atoms with Crippen molar-refractivity contribution >= 4 is 6.09 Å². The fraction of sp³-hybridized carbons (Fsp3) is 0.286. The number of carbonyl (C=O) groups excluding carboxylic acids is 1. The lowest BCUT2D eigenvalue weighted by molar-refractivity contribution is -0.310. The topological polar surface area (TPSA) is 44.1 Å². The maximum absolute atomic E-state index is 13.4. The van der Waals surface area contributed by atoms with Crippen molar-refractivity contribution in [1.82, 2.24) is 9.55 Å². The number of carbonyl (C=O) groups is 1. The Bertz CT molecular complexity index is 666. The molecule has 10 heteroatoms. The average molecular weight is 352 g/mol. The number of aromatic nitrogens is 2. The van der Waals surface area contributed by atoms with Gasteiger partial charge in [-0.25, -0.2) is 14.3 Å². The van der Waals surface area contributed by atoms with E-state index < -0.39 is 36.0 Å². The van der Waals surface area contributed by atoms with Crippen molar-refractivity contribution in [2.45, 2.75) is 17.8 Å². The van der Waals surface area contributed by atoms with Gasteiger partial charge in [-0.1, -0.05) is 30.3 Å². The summed E-state index contributed by atoms with van der Waals surface area (Å²) in [5.41, 5.74) is -5.40. The van der Waals surface area contributed by atoms with E-state index in [2.05, 4.69) is 9.72 Å². The molecule has 1 aromatic carbocycles. The average Bonchev–Trinajstić information content (AvgIpc) is 3.00. The largest absolute Gasteiger partial charge is 0.447 e. The predicted molar refractivity (Wildman–Crippen MR) is 69.2 cm³/mol. The number of imidazole rings is 1. The number of nitrogens with zero attached hydrogens (tertiary/aromatic N) is 2. The Morgan fingerprint density at radius 1 is 1.04 bits per heavy atom. The number of benzene rings is 1. The first-order valence-electron chi connectivity index (χ1n) is 6.43. The molecular weight excluding hydrogens is 342 g/mol. The number of hydrogen-bond acceptors (Lipinski definition) is 3. The molecule has 0 spiro atoms. The van der Waals surface area contributed by atoms with E-state index in [1.807, 2.05) is 0 Å². The van der Waals surface area contributed by atoms with Crippen LogP contribution in [0.5, 0.6) is 0 Å².